The molecule has 0 spiro atoms. The summed E-state index contributed by atoms with van der Waals surface area (Å²) in [5.41, 5.74) is 0. The third-order valence-corrected chi connectivity index (χ3v) is 5.73. The van der Waals surface area contributed by atoms with Crippen molar-refractivity contribution in [1.29, 1.82) is 0 Å². The Kier molecular flexibility index (Phi) is 17.3. The summed E-state index contributed by atoms with van der Waals surface area (Å²) in [7, 11) is 3.72. The lowest BCUT2D eigenvalue weighted by molar-refractivity contribution is -0.125. The van der Waals surface area contributed by atoms with Gasteiger partial charge in [0.25, 0.3) is 0 Å². The summed E-state index contributed by atoms with van der Waals surface area (Å²) in [6.07, 6.45) is 3.09. The fourth-order valence-electron chi connectivity index (χ4n) is 1.30. The molecule has 8 heteroatoms. The molecule has 1 amide bonds. The molecule has 1 atom stereocenters. The van der Waals surface area contributed by atoms with Crippen LogP contribution in [0.3, 0.4) is 0 Å². The Morgan fingerprint density at radius 2 is 2.18 bits per heavy atom. The van der Waals surface area contributed by atoms with Crippen LogP contribution in [0, 0.1) is 11.8 Å². The van der Waals surface area contributed by atoms with Gasteiger partial charge in [-0.15, -0.1) is 5.92 Å². The molecule has 0 aromatic carbocycles. The van der Waals surface area contributed by atoms with E-state index in [1.807, 2.05) is 27.8 Å². The van der Waals surface area contributed by atoms with Crippen LogP contribution in [0.25, 0.3) is 0 Å². The zero-order chi connectivity index (χ0) is 16.5. The summed E-state index contributed by atoms with van der Waals surface area (Å²) in [6.45, 7) is 6.67. The minimum Gasteiger partial charge on any atom is -0.370 e. The molecule has 5 nitrogen and oxygen atoms in total. The van der Waals surface area contributed by atoms with Crippen LogP contribution in [-0.2, 0) is 9.53 Å². The van der Waals surface area contributed by atoms with Gasteiger partial charge >= 0.3 is 0 Å². The van der Waals surface area contributed by atoms with E-state index in [0.29, 0.717) is 18.5 Å². The number of nitrogens with one attached hydrogen (secondary N) is 3. The van der Waals surface area contributed by atoms with Crippen molar-refractivity contribution < 1.29 is 9.53 Å². The average Bonchev–Trinajstić information content (AvgIpc) is 2.52. The van der Waals surface area contributed by atoms with E-state index in [0.717, 1.165) is 25.3 Å². The Labute approximate surface area is 146 Å². The predicted molar refractivity (Wildman–Crippen MR) is 101 cm³/mol. The van der Waals surface area contributed by atoms with Crippen LogP contribution in [-0.4, -0.2) is 56.1 Å². The van der Waals surface area contributed by atoms with Crippen LogP contribution in [0.5, 0.6) is 0 Å². The predicted octanol–water partition coefficient (Wildman–Crippen LogP) is 1.72. The van der Waals surface area contributed by atoms with Gasteiger partial charge in [0.05, 0.1) is 18.5 Å². The minimum atomic E-state index is -0.124. The molecular formula is C14H27N3O2S3. The molecule has 128 valence electrons. The van der Waals surface area contributed by atoms with Crippen molar-refractivity contribution >= 4 is 39.4 Å². The first-order valence-electron chi connectivity index (χ1n) is 7.26. The minimum absolute atomic E-state index is 0.0894. The lowest BCUT2D eigenvalue weighted by atomic mass is 10.4. The second kappa shape index (κ2) is 17.3. The topological polar surface area (TPSA) is 62.4 Å². The van der Waals surface area contributed by atoms with Gasteiger partial charge in [-0.1, -0.05) is 46.4 Å². The molecule has 0 aromatic heterocycles. The summed E-state index contributed by atoms with van der Waals surface area (Å²) >= 11 is 1.65. The molecule has 0 heterocycles. The number of ether oxygens (including phenoxy) is 1. The summed E-state index contributed by atoms with van der Waals surface area (Å²) in [6, 6.07) is 0. The summed E-state index contributed by atoms with van der Waals surface area (Å²) in [5, 5.41) is 6.50. The van der Waals surface area contributed by atoms with Gasteiger partial charge in [0.1, 0.15) is 6.61 Å². The van der Waals surface area contributed by atoms with Crippen LogP contribution in [0.15, 0.2) is 0 Å². The van der Waals surface area contributed by atoms with E-state index in [1.165, 1.54) is 0 Å². The SMILES string of the molecule is CC#CCNC(=O)COCCNC(CC)SSCCNSC. The maximum absolute atomic E-state index is 11.4. The number of carbonyl (C=O) groups is 1. The number of hydrogen-bond donors (Lipinski definition) is 3. The molecular weight excluding hydrogens is 338 g/mol. The summed E-state index contributed by atoms with van der Waals surface area (Å²) in [4.78, 5) is 11.4. The van der Waals surface area contributed by atoms with Crippen LogP contribution in [0.2, 0.25) is 0 Å². The number of amides is 1. The molecule has 22 heavy (non-hydrogen) atoms. The summed E-state index contributed by atoms with van der Waals surface area (Å²) in [5.74, 6) is 6.46. The number of rotatable bonds is 14. The van der Waals surface area contributed by atoms with Gasteiger partial charge in [0.2, 0.25) is 5.91 Å². The zero-order valence-corrected chi connectivity index (χ0v) is 16.0. The molecule has 0 aliphatic heterocycles. The molecule has 1 unspecified atom stereocenters. The second-order valence-corrected chi connectivity index (χ2v) is 7.51. The van der Waals surface area contributed by atoms with E-state index in [2.05, 4.69) is 34.1 Å². The Bertz CT molecular complexity index is 335. The Balaban J connectivity index is 3.49. The van der Waals surface area contributed by atoms with Gasteiger partial charge < -0.3 is 15.4 Å². The van der Waals surface area contributed by atoms with Crippen LogP contribution in [0.1, 0.15) is 20.3 Å². The largest absolute Gasteiger partial charge is 0.370 e. The van der Waals surface area contributed by atoms with E-state index in [4.69, 9.17) is 4.74 Å². The highest BCUT2D eigenvalue weighted by atomic mass is 33.1. The second-order valence-electron chi connectivity index (χ2n) is 4.12. The molecule has 0 aromatic rings. The quantitative estimate of drug-likeness (QED) is 0.142. The third-order valence-electron chi connectivity index (χ3n) is 2.39. The lowest BCUT2D eigenvalue weighted by Gasteiger charge is -2.15. The van der Waals surface area contributed by atoms with Gasteiger partial charge in [-0.05, 0) is 19.6 Å². The van der Waals surface area contributed by atoms with Crippen LogP contribution < -0.4 is 15.4 Å². The highest BCUT2D eigenvalue weighted by molar-refractivity contribution is 8.76. The highest BCUT2D eigenvalue weighted by Crippen LogP contribution is 2.26. The van der Waals surface area contributed by atoms with Gasteiger partial charge in [-0.25, -0.2) is 0 Å². The first-order valence-corrected chi connectivity index (χ1v) is 10.9. The van der Waals surface area contributed by atoms with Crippen molar-refractivity contribution in [1.82, 2.24) is 15.4 Å². The maximum atomic E-state index is 11.4. The molecule has 3 N–H and O–H groups in total. The molecule has 0 rings (SSSR count). The van der Waals surface area contributed by atoms with Gasteiger partial charge in [-0.2, -0.15) is 0 Å². The Morgan fingerprint density at radius 3 is 2.86 bits per heavy atom. The smallest absolute Gasteiger partial charge is 0.246 e. The van der Waals surface area contributed by atoms with Crippen molar-refractivity contribution in [2.24, 2.45) is 0 Å². The first kappa shape index (κ1) is 22.0. The summed E-state index contributed by atoms with van der Waals surface area (Å²) < 4.78 is 8.55. The van der Waals surface area contributed by atoms with E-state index >= 15 is 0 Å². The van der Waals surface area contributed by atoms with Crippen LogP contribution in [0.4, 0.5) is 0 Å². The molecule has 0 aliphatic rings. The first-order chi connectivity index (χ1) is 10.7. The van der Waals surface area contributed by atoms with Crippen molar-refractivity contribution in [3.05, 3.63) is 0 Å². The molecule has 0 fully saturated rings. The lowest BCUT2D eigenvalue weighted by Crippen LogP contribution is -2.31. The fourth-order valence-corrected chi connectivity index (χ4v) is 4.15. The van der Waals surface area contributed by atoms with Gasteiger partial charge in [-0.3, -0.25) is 9.52 Å². The molecule has 0 radical (unpaired) electrons. The normalized spacial score (nSPS) is 11.6. The van der Waals surface area contributed by atoms with E-state index in [-0.39, 0.29) is 12.5 Å². The standard InChI is InChI=1S/C14H27N3O2S3/c1-4-6-7-15-13(18)12-19-10-8-16-14(5-2)22-21-11-9-17-20-3/h14,16-17H,5,7-12H2,1-3H3,(H,15,18). The van der Waals surface area contributed by atoms with Crippen molar-refractivity contribution in [3.63, 3.8) is 0 Å². The van der Waals surface area contributed by atoms with Gasteiger partial charge in [0.15, 0.2) is 0 Å². The van der Waals surface area contributed by atoms with E-state index < -0.39 is 0 Å². The third kappa shape index (κ3) is 14.9. The fraction of sp³-hybridized carbons (Fsp3) is 0.786. The molecule has 0 bridgehead atoms. The average molecular weight is 366 g/mol. The Morgan fingerprint density at radius 1 is 1.36 bits per heavy atom. The number of hydrogen-bond acceptors (Lipinski definition) is 7. The Hall–Kier alpha value is -0.0400. The zero-order valence-electron chi connectivity index (χ0n) is 13.6. The van der Waals surface area contributed by atoms with E-state index in [1.54, 1.807) is 18.9 Å². The van der Waals surface area contributed by atoms with Crippen molar-refractivity contribution in [2.45, 2.75) is 25.6 Å². The van der Waals surface area contributed by atoms with Crippen molar-refractivity contribution in [2.75, 3.05) is 44.9 Å². The van der Waals surface area contributed by atoms with E-state index in [9.17, 15) is 4.79 Å². The molecule has 0 saturated carbocycles. The maximum Gasteiger partial charge on any atom is 0.246 e. The number of carbonyl (C=O) groups excluding carboxylic acids is 1. The van der Waals surface area contributed by atoms with Gasteiger partial charge in [0, 0.05) is 18.8 Å². The monoisotopic (exact) mass is 365 g/mol. The highest BCUT2D eigenvalue weighted by Gasteiger charge is 2.06. The van der Waals surface area contributed by atoms with Crippen molar-refractivity contribution in [3.8, 4) is 11.8 Å². The van der Waals surface area contributed by atoms with Crippen LogP contribution >= 0.6 is 33.5 Å². The molecule has 0 saturated heterocycles. The molecule has 0 aliphatic carbocycles.